The quantitative estimate of drug-likeness (QED) is 0.247. The average molecular weight is 411 g/mol. The van der Waals surface area contributed by atoms with Crippen molar-refractivity contribution in [3.8, 4) is 5.75 Å². The van der Waals surface area contributed by atoms with Gasteiger partial charge in [-0.05, 0) is 31.4 Å². The van der Waals surface area contributed by atoms with E-state index in [1.54, 1.807) is 0 Å². The smallest absolute Gasteiger partial charge is 0.726 e. The number of benzene rings is 1. The maximum atomic E-state index is 10.1. The van der Waals surface area contributed by atoms with E-state index in [0.717, 1.165) is 24.0 Å². The molecule has 1 rings (SSSR count). The van der Waals surface area contributed by atoms with Crippen molar-refractivity contribution in [2.24, 2.45) is 0 Å². The zero-order valence-electron chi connectivity index (χ0n) is 17.5. The number of phenols is 1. The SMILES string of the molecule is CCCCCCCCCCCCOS(=O)(=O)[O-].Cc1cccc(C)c1O.[Na+]. The first kappa shape index (κ1) is 29.1. The van der Waals surface area contributed by atoms with Crippen molar-refractivity contribution >= 4 is 10.4 Å². The first-order valence-corrected chi connectivity index (χ1v) is 11.0. The predicted octanol–water partition coefficient (Wildman–Crippen LogP) is 2.40. The third-order valence-electron chi connectivity index (χ3n) is 4.17. The van der Waals surface area contributed by atoms with E-state index in [9.17, 15) is 18.1 Å². The third kappa shape index (κ3) is 19.0. The summed E-state index contributed by atoms with van der Waals surface area (Å²) < 4.78 is 34.5. The second-order valence-corrected chi connectivity index (χ2v) is 7.70. The van der Waals surface area contributed by atoms with Gasteiger partial charge in [-0.25, -0.2) is 8.42 Å². The van der Waals surface area contributed by atoms with Gasteiger partial charge in [0.2, 0.25) is 10.4 Å². The number of aromatic hydroxyl groups is 1. The molecular weight excluding hydrogens is 375 g/mol. The van der Waals surface area contributed by atoms with Crippen LogP contribution in [0, 0.1) is 13.8 Å². The summed E-state index contributed by atoms with van der Waals surface area (Å²) in [5.74, 6) is 0.414. The van der Waals surface area contributed by atoms with Crippen LogP contribution in [0.3, 0.4) is 0 Å². The number of phenolic OH excluding ortho intramolecular Hbond substituents is 1. The van der Waals surface area contributed by atoms with Crippen molar-refractivity contribution in [2.45, 2.75) is 85.0 Å². The summed E-state index contributed by atoms with van der Waals surface area (Å²) in [6.45, 7) is 6.02. The number of unbranched alkanes of at least 4 members (excludes halogenated alkanes) is 9. The van der Waals surface area contributed by atoms with E-state index < -0.39 is 10.4 Å². The largest absolute Gasteiger partial charge is 1.00 e. The summed E-state index contributed by atoms with van der Waals surface area (Å²) in [6.07, 6.45) is 11.7. The van der Waals surface area contributed by atoms with Crippen LogP contribution in [-0.2, 0) is 14.6 Å². The van der Waals surface area contributed by atoms with Crippen LogP contribution in [0.2, 0.25) is 0 Å². The van der Waals surface area contributed by atoms with Crippen LogP contribution in [0.4, 0.5) is 0 Å². The summed E-state index contributed by atoms with van der Waals surface area (Å²) in [6, 6.07) is 5.72. The van der Waals surface area contributed by atoms with Gasteiger partial charge in [0.1, 0.15) is 5.75 Å². The summed E-state index contributed by atoms with van der Waals surface area (Å²) >= 11 is 0. The Morgan fingerprint density at radius 3 is 1.67 bits per heavy atom. The molecule has 5 nitrogen and oxygen atoms in total. The number of para-hydroxylation sites is 1. The molecule has 0 aromatic heterocycles. The number of hydrogen-bond donors (Lipinski definition) is 1. The minimum atomic E-state index is -4.48. The molecule has 7 heteroatoms. The Morgan fingerprint density at radius 2 is 1.30 bits per heavy atom. The number of aryl methyl sites for hydroxylation is 2. The van der Waals surface area contributed by atoms with Gasteiger partial charge < -0.3 is 9.66 Å². The molecule has 0 saturated carbocycles. The second-order valence-electron chi connectivity index (χ2n) is 6.65. The van der Waals surface area contributed by atoms with Crippen molar-refractivity contribution in [2.75, 3.05) is 6.61 Å². The normalized spacial score (nSPS) is 10.7. The molecule has 1 aromatic rings. The van der Waals surface area contributed by atoms with E-state index in [2.05, 4.69) is 11.1 Å². The zero-order valence-corrected chi connectivity index (χ0v) is 20.3. The van der Waals surface area contributed by atoms with Gasteiger partial charge in [-0.15, -0.1) is 0 Å². The number of hydrogen-bond acceptors (Lipinski definition) is 5. The fourth-order valence-corrected chi connectivity index (χ4v) is 2.88. The van der Waals surface area contributed by atoms with Gasteiger partial charge in [0, 0.05) is 0 Å². The molecular formula is C20H35NaO5S. The van der Waals surface area contributed by atoms with Crippen LogP contribution in [0.5, 0.6) is 5.75 Å². The molecule has 27 heavy (non-hydrogen) atoms. The predicted molar refractivity (Wildman–Crippen MR) is 105 cm³/mol. The fraction of sp³-hybridized carbons (Fsp3) is 0.700. The topological polar surface area (TPSA) is 86.7 Å². The van der Waals surface area contributed by atoms with E-state index in [1.165, 1.54) is 44.9 Å². The Kier molecular flexibility index (Phi) is 19.3. The van der Waals surface area contributed by atoms with Crippen molar-refractivity contribution in [1.29, 1.82) is 0 Å². The summed E-state index contributed by atoms with van der Waals surface area (Å²) in [5.41, 5.74) is 1.88. The minimum absolute atomic E-state index is 0. The fourth-order valence-electron chi connectivity index (χ4n) is 2.56. The van der Waals surface area contributed by atoms with Crippen LogP contribution >= 0.6 is 0 Å². The van der Waals surface area contributed by atoms with Crippen LogP contribution in [0.15, 0.2) is 18.2 Å². The zero-order chi connectivity index (χ0) is 19.8. The molecule has 0 aliphatic carbocycles. The van der Waals surface area contributed by atoms with Crippen molar-refractivity contribution in [3.05, 3.63) is 29.3 Å². The van der Waals surface area contributed by atoms with Crippen LogP contribution in [0.25, 0.3) is 0 Å². The van der Waals surface area contributed by atoms with Gasteiger partial charge >= 0.3 is 29.6 Å². The standard InChI is InChI=1S/C12H26O4S.C8H10O.Na/c1-2-3-4-5-6-7-8-9-10-11-12-16-17(13,14)15;1-6-4-3-5-7(2)8(6)9;/h2-12H2,1H3,(H,13,14,15);3-5,9H,1-2H3;/q;;+1/p-1. The minimum Gasteiger partial charge on any atom is -0.726 e. The van der Waals surface area contributed by atoms with Gasteiger partial charge in [-0.1, -0.05) is 82.9 Å². The molecule has 1 N–H and O–H groups in total. The molecule has 152 valence electrons. The van der Waals surface area contributed by atoms with E-state index >= 15 is 0 Å². The molecule has 0 amide bonds. The molecule has 0 bridgehead atoms. The third-order valence-corrected chi connectivity index (χ3v) is 4.62. The number of rotatable bonds is 12. The Morgan fingerprint density at radius 1 is 0.889 bits per heavy atom. The molecule has 0 saturated heterocycles. The van der Waals surface area contributed by atoms with Gasteiger partial charge in [0.15, 0.2) is 0 Å². The molecule has 0 heterocycles. The van der Waals surface area contributed by atoms with Gasteiger partial charge in [0.25, 0.3) is 0 Å². The molecule has 0 unspecified atom stereocenters. The average Bonchev–Trinajstić information content (AvgIpc) is 2.57. The Labute approximate surface area is 188 Å². The monoisotopic (exact) mass is 410 g/mol. The van der Waals surface area contributed by atoms with Gasteiger partial charge in [-0.3, -0.25) is 4.18 Å². The Balaban J connectivity index is 0. The van der Waals surface area contributed by atoms with Crippen molar-refractivity contribution in [1.82, 2.24) is 0 Å². The van der Waals surface area contributed by atoms with Crippen LogP contribution < -0.4 is 29.6 Å². The molecule has 0 fully saturated rings. The van der Waals surface area contributed by atoms with Gasteiger partial charge in [-0.2, -0.15) is 0 Å². The first-order chi connectivity index (χ1) is 12.3. The Bertz CT molecular complexity index is 555. The molecule has 1 aromatic carbocycles. The Hall–Kier alpha value is -0.110. The second kappa shape index (κ2) is 18.0. The molecule has 0 spiro atoms. The first-order valence-electron chi connectivity index (χ1n) is 9.63. The maximum absolute atomic E-state index is 10.1. The van der Waals surface area contributed by atoms with Crippen molar-refractivity contribution in [3.63, 3.8) is 0 Å². The molecule has 0 radical (unpaired) electrons. The van der Waals surface area contributed by atoms with Crippen LogP contribution in [0.1, 0.15) is 82.3 Å². The van der Waals surface area contributed by atoms with Crippen LogP contribution in [-0.4, -0.2) is 24.7 Å². The van der Waals surface area contributed by atoms with Crippen molar-refractivity contribution < 1.29 is 51.8 Å². The van der Waals surface area contributed by atoms with E-state index in [4.69, 9.17) is 0 Å². The van der Waals surface area contributed by atoms with Gasteiger partial charge in [0.05, 0.1) is 6.61 Å². The molecule has 0 aliphatic rings. The van der Waals surface area contributed by atoms with E-state index in [0.29, 0.717) is 12.2 Å². The van der Waals surface area contributed by atoms with E-state index in [1.807, 2.05) is 32.0 Å². The van der Waals surface area contributed by atoms with E-state index in [-0.39, 0.29) is 36.2 Å². The summed E-state index contributed by atoms with van der Waals surface area (Å²) in [4.78, 5) is 0. The molecule has 0 aliphatic heterocycles. The maximum Gasteiger partial charge on any atom is 1.00 e. The molecule has 0 atom stereocenters. The summed E-state index contributed by atoms with van der Waals surface area (Å²) in [7, 11) is -4.48. The summed E-state index contributed by atoms with van der Waals surface area (Å²) in [5, 5.41) is 9.21.